The summed E-state index contributed by atoms with van der Waals surface area (Å²) in [6.07, 6.45) is 5.35. The first-order valence-electron chi connectivity index (χ1n) is 9.55. The molecule has 4 rings (SSSR count). The molecule has 1 N–H and O–H groups in total. The molecule has 26 heavy (non-hydrogen) atoms. The van der Waals surface area contributed by atoms with Crippen molar-refractivity contribution < 1.29 is 14.3 Å². The smallest absolute Gasteiger partial charge is 0.220 e. The molecule has 0 spiro atoms. The number of fused-ring (bicyclic) bond motifs is 2. The monoisotopic (exact) mass is 351 g/mol. The highest BCUT2D eigenvalue weighted by Crippen LogP contribution is 2.31. The van der Waals surface area contributed by atoms with Gasteiger partial charge in [-0.25, -0.2) is 0 Å². The molecule has 0 fully saturated rings. The van der Waals surface area contributed by atoms with Gasteiger partial charge in [0.25, 0.3) is 0 Å². The molecule has 0 bridgehead atoms. The number of nitrogens with one attached hydrogen (secondary N) is 1. The van der Waals surface area contributed by atoms with Gasteiger partial charge in [0.2, 0.25) is 5.91 Å². The van der Waals surface area contributed by atoms with Crippen molar-refractivity contribution in [1.82, 2.24) is 5.32 Å². The van der Waals surface area contributed by atoms with Crippen LogP contribution in [0.4, 0.5) is 0 Å². The molecule has 0 radical (unpaired) electrons. The van der Waals surface area contributed by atoms with E-state index in [0.717, 1.165) is 42.7 Å². The van der Waals surface area contributed by atoms with Crippen LogP contribution in [0.15, 0.2) is 42.5 Å². The Morgan fingerprint density at radius 1 is 1.04 bits per heavy atom. The highest BCUT2D eigenvalue weighted by Gasteiger charge is 2.21. The van der Waals surface area contributed by atoms with Crippen LogP contribution in [0.25, 0.3) is 0 Å². The summed E-state index contributed by atoms with van der Waals surface area (Å²) >= 11 is 0. The van der Waals surface area contributed by atoms with Crippen molar-refractivity contribution in [3.8, 4) is 11.5 Å². The average Bonchev–Trinajstić information content (AvgIpc) is 2.91. The summed E-state index contributed by atoms with van der Waals surface area (Å²) in [6, 6.07) is 14.6. The van der Waals surface area contributed by atoms with Crippen molar-refractivity contribution in [2.75, 3.05) is 13.2 Å². The van der Waals surface area contributed by atoms with Crippen LogP contribution in [0.1, 0.15) is 48.4 Å². The molecule has 136 valence electrons. The van der Waals surface area contributed by atoms with Crippen LogP contribution in [0.3, 0.4) is 0 Å². The Morgan fingerprint density at radius 3 is 2.81 bits per heavy atom. The summed E-state index contributed by atoms with van der Waals surface area (Å²) < 4.78 is 11.4. The van der Waals surface area contributed by atoms with Gasteiger partial charge in [0, 0.05) is 12.8 Å². The van der Waals surface area contributed by atoms with Gasteiger partial charge in [0.05, 0.1) is 19.3 Å². The van der Waals surface area contributed by atoms with Gasteiger partial charge in [-0.15, -0.1) is 0 Å². The fourth-order valence-corrected chi connectivity index (χ4v) is 3.79. The number of carbonyl (C=O) groups is 1. The number of carbonyl (C=O) groups excluding carboxylic acids is 1. The number of hydrogen-bond acceptors (Lipinski definition) is 3. The molecule has 2 aromatic rings. The van der Waals surface area contributed by atoms with Crippen LogP contribution >= 0.6 is 0 Å². The lowest BCUT2D eigenvalue weighted by Crippen LogP contribution is -2.31. The van der Waals surface area contributed by atoms with Gasteiger partial charge in [-0.1, -0.05) is 30.3 Å². The second-order valence-electron chi connectivity index (χ2n) is 7.04. The Labute approximate surface area is 154 Å². The standard InChI is InChI=1S/C22H25NO3/c24-22(23-19-8-3-6-17-5-1-2-7-18(17)19)12-10-16-9-11-20-21(15-16)26-14-4-13-25-20/h1-2,5,7,9,11,15,19H,3-4,6,8,10,12-14H2,(H,23,24). The number of rotatable bonds is 4. The number of ether oxygens (including phenoxy) is 2. The van der Waals surface area contributed by atoms with E-state index in [1.165, 1.54) is 11.1 Å². The molecule has 1 heterocycles. The van der Waals surface area contributed by atoms with Crippen molar-refractivity contribution >= 4 is 5.91 Å². The molecule has 4 heteroatoms. The lowest BCUT2D eigenvalue weighted by Gasteiger charge is -2.26. The third-order valence-corrected chi connectivity index (χ3v) is 5.16. The molecule has 0 saturated carbocycles. The largest absolute Gasteiger partial charge is 0.490 e. The van der Waals surface area contributed by atoms with Crippen molar-refractivity contribution in [2.45, 2.75) is 44.6 Å². The number of hydrogen-bond donors (Lipinski definition) is 1. The molecule has 0 aromatic heterocycles. The van der Waals surface area contributed by atoms with Crippen LogP contribution < -0.4 is 14.8 Å². The molecular formula is C22H25NO3. The molecule has 2 aliphatic rings. The quantitative estimate of drug-likeness (QED) is 0.906. The molecule has 4 nitrogen and oxygen atoms in total. The zero-order valence-corrected chi connectivity index (χ0v) is 15.0. The number of aryl methyl sites for hydroxylation is 2. The van der Waals surface area contributed by atoms with E-state index in [1.807, 2.05) is 18.2 Å². The van der Waals surface area contributed by atoms with E-state index in [1.54, 1.807) is 0 Å². The maximum Gasteiger partial charge on any atom is 0.220 e. The van der Waals surface area contributed by atoms with Crippen molar-refractivity contribution in [2.24, 2.45) is 0 Å². The molecule has 0 saturated heterocycles. The van der Waals surface area contributed by atoms with Gasteiger partial charge in [-0.2, -0.15) is 0 Å². The van der Waals surface area contributed by atoms with Crippen molar-refractivity contribution in [3.63, 3.8) is 0 Å². The molecule has 1 aliphatic carbocycles. The highest BCUT2D eigenvalue weighted by molar-refractivity contribution is 5.76. The maximum atomic E-state index is 12.5. The normalized spacial score (nSPS) is 18.5. The first-order valence-corrected chi connectivity index (χ1v) is 9.55. The fraction of sp³-hybridized carbons (Fsp3) is 0.409. The Morgan fingerprint density at radius 2 is 1.88 bits per heavy atom. The van der Waals surface area contributed by atoms with Crippen LogP contribution in [-0.4, -0.2) is 19.1 Å². The van der Waals surface area contributed by atoms with Crippen molar-refractivity contribution in [3.05, 3.63) is 59.2 Å². The molecule has 1 atom stereocenters. The number of amides is 1. The Bertz CT molecular complexity index is 787. The first kappa shape index (κ1) is 17.0. The molecule has 1 amide bonds. The summed E-state index contributed by atoms with van der Waals surface area (Å²) in [5.41, 5.74) is 3.75. The summed E-state index contributed by atoms with van der Waals surface area (Å²) in [6.45, 7) is 1.37. The van der Waals surface area contributed by atoms with Gasteiger partial charge in [0.15, 0.2) is 11.5 Å². The van der Waals surface area contributed by atoms with Crippen LogP contribution in [0, 0.1) is 0 Å². The van der Waals surface area contributed by atoms with E-state index in [0.29, 0.717) is 26.1 Å². The summed E-state index contributed by atoms with van der Waals surface area (Å²) in [5, 5.41) is 3.22. The Kier molecular flexibility index (Phi) is 5.09. The second-order valence-corrected chi connectivity index (χ2v) is 7.04. The molecule has 2 aromatic carbocycles. The molecule has 1 aliphatic heterocycles. The van der Waals surface area contributed by atoms with Gasteiger partial charge in [-0.05, 0) is 54.5 Å². The zero-order chi connectivity index (χ0) is 17.8. The number of benzene rings is 2. The summed E-state index contributed by atoms with van der Waals surface area (Å²) in [5.74, 6) is 1.70. The Balaban J connectivity index is 1.36. The van der Waals surface area contributed by atoms with Gasteiger partial charge in [-0.3, -0.25) is 4.79 Å². The van der Waals surface area contributed by atoms with Gasteiger partial charge in [0.1, 0.15) is 0 Å². The second kappa shape index (κ2) is 7.81. The van der Waals surface area contributed by atoms with E-state index in [9.17, 15) is 4.79 Å². The van der Waals surface area contributed by atoms with E-state index in [-0.39, 0.29) is 11.9 Å². The van der Waals surface area contributed by atoms with Gasteiger partial charge >= 0.3 is 0 Å². The highest BCUT2D eigenvalue weighted by atomic mass is 16.5. The van der Waals surface area contributed by atoms with Crippen molar-refractivity contribution in [1.29, 1.82) is 0 Å². The predicted octanol–water partition coefficient (Wildman–Crippen LogP) is 3.97. The maximum absolute atomic E-state index is 12.5. The third-order valence-electron chi connectivity index (χ3n) is 5.16. The minimum atomic E-state index is 0.110. The van der Waals surface area contributed by atoms with Crippen LogP contribution in [-0.2, 0) is 17.6 Å². The zero-order valence-electron chi connectivity index (χ0n) is 15.0. The minimum absolute atomic E-state index is 0.110. The fourth-order valence-electron chi connectivity index (χ4n) is 3.79. The van der Waals surface area contributed by atoms with E-state index in [2.05, 4.69) is 29.6 Å². The first-order chi connectivity index (χ1) is 12.8. The van der Waals surface area contributed by atoms with E-state index in [4.69, 9.17) is 9.47 Å². The summed E-state index contributed by atoms with van der Waals surface area (Å²) in [7, 11) is 0. The third kappa shape index (κ3) is 3.85. The van der Waals surface area contributed by atoms with E-state index >= 15 is 0 Å². The predicted molar refractivity (Wildman–Crippen MR) is 101 cm³/mol. The average molecular weight is 351 g/mol. The molecular weight excluding hydrogens is 326 g/mol. The summed E-state index contributed by atoms with van der Waals surface area (Å²) in [4.78, 5) is 12.5. The SMILES string of the molecule is O=C(CCc1ccc2c(c1)OCCCO2)NC1CCCc2ccccc21. The van der Waals surface area contributed by atoms with E-state index < -0.39 is 0 Å². The Hall–Kier alpha value is -2.49. The lowest BCUT2D eigenvalue weighted by molar-refractivity contribution is -0.121. The molecule has 1 unspecified atom stereocenters. The minimum Gasteiger partial charge on any atom is -0.490 e. The topological polar surface area (TPSA) is 47.6 Å². The lowest BCUT2D eigenvalue weighted by atomic mass is 9.87. The van der Waals surface area contributed by atoms with Crippen LogP contribution in [0.5, 0.6) is 11.5 Å². The van der Waals surface area contributed by atoms with Crippen LogP contribution in [0.2, 0.25) is 0 Å². The van der Waals surface area contributed by atoms with Gasteiger partial charge < -0.3 is 14.8 Å².